The zero-order valence-corrected chi connectivity index (χ0v) is 10.7. The van der Waals surface area contributed by atoms with Crippen LogP contribution in [-0.4, -0.2) is 15.1 Å². The van der Waals surface area contributed by atoms with Gasteiger partial charge < -0.3 is 5.11 Å². The molecule has 0 saturated heterocycles. The molecule has 0 unspecified atom stereocenters. The van der Waals surface area contributed by atoms with Gasteiger partial charge in [-0.25, -0.2) is 4.98 Å². The molecule has 0 aromatic carbocycles. The Morgan fingerprint density at radius 3 is 2.41 bits per heavy atom. The maximum atomic E-state index is 9.76. The maximum absolute atomic E-state index is 9.76. The first-order valence-electron chi connectivity index (χ1n) is 5.99. The highest BCUT2D eigenvalue weighted by Gasteiger charge is 2.14. The lowest BCUT2D eigenvalue weighted by molar-refractivity contribution is 0.460. The van der Waals surface area contributed by atoms with Gasteiger partial charge in [-0.1, -0.05) is 27.7 Å². The number of rotatable bonds is 2. The minimum atomic E-state index is 0.0622. The van der Waals surface area contributed by atoms with Crippen molar-refractivity contribution in [1.82, 2.24) is 9.97 Å². The van der Waals surface area contributed by atoms with Crippen molar-refractivity contribution in [3.05, 3.63) is 29.6 Å². The summed E-state index contributed by atoms with van der Waals surface area (Å²) in [5.74, 6) is 0.836. The smallest absolute Gasteiger partial charge is 0.220 e. The van der Waals surface area contributed by atoms with Crippen LogP contribution in [0.2, 0.25) is 0 Å². The van der Waals surface area contributed by atoms with Crippen LogP contribution in [0.1, 0.15) is 50.8 Å². The van der Waals surface area contributed by atoms with E-state index in [2.05, 4.69) is 37.7 Å². The number of aromatic nitrogens is 2. The third-order valence-corrected chi connectivity index (χ3v) is 2.95. The van der Waals surface area contributed by atoms with E-state index in [0.29, 0.717) is 11.8 Å². The summed E-state index contributed by atoms with van der Waals surface area (Å²) in [4.78, 5) is 8.55. The Bertz CT molecular complexity index is 547. The van der Waals surface area contributed by atoms with Gasteiger partial charge in [0.25, 0.3) is 0 Å². The molecule has 0 amide bonds. The second-order valence-corrected chi connectivity index (χ2v) is 4.97. The van der Waals surface area contributed by atoms with E-state index in [9.17, 15) is 5.11 Å². The number of fused-ring (bicyclic) bond motifs is 1. The fourth-order valence-electron chi connectivity index (χ4n) is 2.04. The Hall–Kier alpha value is -1.64. The standard InChI is InChI=1S/C14H18N2O/c1-8(2)10-7-11-12(5-6-15-14(11)17)16-13(10)9(3)4/h5-9H,1-4H3,(H,15,17). The molecular formula is C14H18N2O. The molecule has 2 aromatic rings. The van der Waals surface area contributed by atoms with Crippen LogP contribution >= 0.6 is 0 Å². The molecule has 2 aromatic heterocycles. The molecule has 90 valence electrons. The third-order valence-electron chi connectivity index (χ3n) is 2.95. The number of nitrogens with zero attached hydrogens (tertiary/aromatic N) is 2. The van der Waals surface area contributed by atoms with Crippen LogP contribution in [0.5, 0.6) is 5.88 Å². The average molecular weight is 230 g/mol. The van der Waals surface area contributed by atoms with Gasteiger partial charge >= 0.3 is 0 Å². The SMILES string of the molecule is CC(C)c1cc2c(O)nccc2nc1C(C)C. The predicted molar refractivity (Wildman–Crippen MR) is 69.4 cm³/mol. The van der Waals surface area contributed by atoms with E-state index in [1.165, 1.54) is 5.56 Å². The molecule has 0 aliphatic heterocycles. The summed E-state index contributed by atoms with van der Waals surface area (Å²) in [6, 6.07) is 3.86. The zero-order chi connectivity index (χ0) is 12.6. The fraction of sp³-hybridized carbons (Fsp3) is 0.429. The van der Waals surface area contributed by atoms with Crippen LogP contribution in [0.4, 0.5) is 0 Å². The molecule has 17 heavy (non-hydrogen) atoms. The maximum Gasteiger partial charge on any atom is 0.220 e. The zero-order valence-electron chi connectivity index (χ0n) is 10.7. The molecule has 0 bridgehead atoms. The molecule has 0 saturated carbocycles. The topological polar surface area (TPSA) is 46.0 Å². The van der Waals surface area contributed by atoms with Crippen molar-refractivity contribution in [2.24, 2.45) is 0 Å². The second-order valence-electron chi connectivity index (χ2n) is 4.97. The van der Waals surface area contributed by atoms with Crippen molar-refractivity contribution in [3.8, 4) is 5.88 Å². The van der Waals surface area contributed by atoms with Gasteiger partial charge in [0.05, 0.1) is 10.9 Å². The molecule has 0 atom stereocenters. The highest BCUT2D eigenvalue weighted by atomic mass is 16.3. The summed E-state index contributed by atoms with van der Waals surface area (Å²) in [5, 5.41) is 10.5. The first kappa shape index (κ1) is 11.8. The van der Waals surface area contributed by atoms with Crippen LogP contribution in [-0.2, 0) is 0 Å². The van der Waals surface area contributed by atoms with Gasteiger partial charge in [-0.15, -0.1) is 0 Å². The van der Waals surface area contributed by atoms with Gasteiger partial charge in [-0.3, -0.25) is 4.98 Å². The van der Waals surface area contributed by atoms with E-state index < -0.39 is 0 Å². The summed E-state index contributed by atoms with van der Waals surface area (Å²) in [6.07, 6.45) is 1.59. The summed E-state index contributed by atoms with van der Waals surface area (Å²) in [7, 11) is 0. The van der Waals surface area contributed by atoms with Gasteiger partial charge in [0.2, 0.25) is 5.88 Å². The number of hydrogen-bond acceptors (Lipinski definition) is 3. The molecule has 2 rings (SSSR count). The predicted octanol–water partition coefficient (Wildman–Crippen LogP) is 3.58. The van der Waals surface area contributed by atoms with Gasteiger partial charge in [0.1, 0.15) is 0 Å². The summed E-state index contributed by atoms with van der Waals surface area (Å²) < 4.78 is 0. The lowest BCUT2D eigenvalue weighted by atomic mass is 9.94. The molecule has 3 heteroatoms. The average Bonchev–Trinajstić information content (AvgIpc) is 2.27. The quantitative estimate of drug-likeness (QED) is 0.857. The fourth-order valence-corrected chi connectivity index (χ4v) is 2.04. The number of hydrogen-bond donors (Lipinski definition) is 1. The van der Waals surface area contributed by atoms with Crippen LogP contribution < -0.4 is 0 Å². The van der Waals surface area contributed by atoms with E-state index >= 15 is 0 Å². The minimum absolute atomic E-state index is 0.0622. The summed E-state index contributed by atoms with van der Waals surface area (Å²) in [6.45, 7) is 8.56. The van der Waals surface area contributed by atoms with Crippen molar-refractivity contribution < 1.29 is 5.11 Å². The van der Waals surface area contributed by atoms with E-state index in [-0.39, 0.29) is 5.88 Å². The van der Waals surface area contributed by atoms with Gasteiger partial charge in [-0.05, 0) is 29.5 Å². The van der Waals surface area contributed by atoms with E-state index in [4.69, 9.17) is 0 Å². The van der Waals surface area contributed by atoms with Crippen LogP contribution in [0.25, 0.3) is 10.9 Å². The highest BCUT2D eigenvalue weighted by molar-refractivity contribution is 5.84. The van der Waals surface area contributed by atoms with Crippen molar-refractivity contribution in [2.75, 3.05) is 0 Å². The van der Waals surface area contributed by atoms with E-state index in [0.717, 1.165) is 16.6 Å². The number of aromatic hydroxyl groups is 1. The molecule has 1 N–H and O–H groups in total. The molecule has 0 radical (unpaired) electrons. The monoisotopic (exact) mass is 230 g/mol. The van der Waals surface area contributed by atoms with Crippen molar-refractivity contribution in [3.63, 3.8) is 0 Å². The Morgan fingerprint density at radius 1 is 1.12 bits per heavy atom. The Kier molecular flexibility index (Phi) is 3.01. The summed E-state index contributed by atoms with van der Waals surface area (Å²) >= 11 is 0. The minimum Gasteiger partial charge on any atom is -0.493 e. The second kappa shape index (κ2) is 4.32. The highest BCUT2D eigenvalue weighted by Crippen LogP contribution is 2.30. The Morgan fingerprint density at radius 2 is 1.82 bits per heavy atom. The van der Waals surface area contributed by atoms with Crippen LogP contribution in [0, 0.1) is 0 Å². The molecule has 2 heterocycles. The molecule has 0 spiro atoms. The van der Waals surface area contributed by atoms with Crippen molar-refractivity contribution in [1.29, 1.82) is 0 Å². The third kappa shape index (κ3) is 2.09. The van der Waals surface area contributed by atoms with E-state index in [1.54, 1.807) is 6.20 Å². The van der Waals surface area contributed by atoms with Gasteiger partial charge in [-0.2, -0.15) is 0 Å². The lowest BCUT2D eigenvalue weighted by Crippen LogP contribution is -2.02. The molecule has 3 nitrogen and oxygen atoms in total. The molecule has 0 aliphatic rings. The molecule has 0 fully saturated rings. The largest absolute Gasteiger partial charge is 0.493 e. The normalized spacial score (nSPS) is 11.6. The molecule has 0 aliphatic carbocycles. The van der Waals surface area contributed by atoms with E-state index in [1.807, 2.05) is 12.1 Å². The van der Waals surface area contributed by atoms with Crippen molar-refractivity contribution >= 4 is 10.9 Å². The Labute approximate surface area is 102 Å². The van der Waals surface area contributed by atoms with Gasteiger partial charge in [0.15, 0.2) is 0 Å². The summed E-state index contributed by atoms with van der Waals surface area (Å²) in [5.41, 5.74) is 3.11. The molecular weight excluding hydrogens is 212 g/mol. The van der Waals surface area contributed by atoms with Crippen molar-refractivity contribution in [2.45, 2.75) is 39.5 Å². The van der Waals surface area contributed by atoms with Crippen LogP contribution in [0.3, 0.4) is 0 Å². The van der Waals surface area contributed by atoms with Crippen LogP contribution in [0.15, 0.2) is 18.3 Å². The lowest BCUT2D eigenvalue weighted by Gasteiger charge is -2.16. The van der Waals surface area contributed by atoms with Gasteiger partial charge in [0, 0.05) is 11.9 Å². The number of pyridine rings is 2. The first-order valence-corrected chi connectivity index (χ1v) is 5.99. The Balaban J connectivity index is 2.77. The first-order chi connectivity index (χ1) is 8.00.